The Hall–Kier alpha value is -4.37. The fourth-order valence-electron chi connectivity index (χ4n) is 4.91. The van der Waals surface area contributed by atoms with Crippen molar-refractivity contribution in [1.29, 1.82) is 0 Å². The molecule has 1 fully saturated rings. The van der Waals surface area contributed by atoms with Crippen molar-refractivity contribution < 1.29 is 22.7 Å². The molecule has 0 saturated carbocycles. The standard InChI is InChI=1S/C30H39N9O5S/c1-19-20(2)36-37-27(19)35-28-21-14-25(45(41,42)30(3,4)5)24(15-22(21)33-18-34-28)44-13-7-8-38-9-11-39(12-10-38)26-17-31-23(16-32-26)29(40)43-6/h14-18H,7-13H2,1-6H3,(H2,33,34,35,36,37). The lowest BCUT2D eigenvalue weighted by molar-refractivity contribution is 0.0593. The van der Waals surface area contributed by atoms with Crippen LogP contribution in [0.4, 0.5) is 17.5 Å². The SMILES string of the molecule is COC(=O)c1cnc(N2CCN(CCCOc3cc4ncnc(Nc5[nH]nc(C)c5C)c4cc3S(=O)(=O)C(C)(C)C)CC2)cn1. The molecule has 0 atom stereocenters. The van der Waals surface area contributed by atoms with Crippen molar-refractivity contribution in [3.63, 3.8) is 0 Å². The van der Waals surface area contributed by atoms with Crippen LogP contribution in [0.1, 0.15) is 48.9 Å². The molecule has 0 amide bonds. The van der Waals surface area contributed by atoms with Crippen LogP contribution in [0, 0.1) is 13.8 Å². The van der Waals surface area contributed by atoms with Gasteiger partial charge in [0.05, 0.1) is 42.1 Å². The number of esters is 1. The fourth-order valence-corrected chi connectivity index (χ4v) is 6.23. The zero-order valence-electron chi connectivity index (χ0n) is 26.4. The lowest BCUT2D eigenvalue weighted by Gasteiger charge is -2.35. The van der Waals surface area contributed by atoms with Crippen molar-refractivity contribution in [3.8, 4) is 5.75 Å². The molecule has 3 aromatic heterocycles. The number of aromatic nitrogens is 6. The van der Waals surface area contributed by atoms with Gasteiger partial charge >= 0.3 is 5.97 Å². The van der Waals surface area contributed by atoms with Gasteiger partial charge in [0.15, 0.2) is 15.5 Å². The van der Waals surface area contributed by atoms with Gasteiger partial charge < -0.3 is 19.7 Å². The summed E-state index contributed by atoms with van der Waals surface area (Å²) in [5, 5.41) is 11.0. The van der Waals surface area contributed by atoms with Crippen LogP contribution in [0.3, 0.4) is 0 Å². The molecule has 4 aromatic rings. The predicted octanol–water partition coefficient (Wildman–Crippen LogP) is 3.45. The number of aromatic amines is 1. The van der Waals surface area contributed by atoms with Gasteiger partial charge in [0.1, 0.15) is 34.4 Å². The van der Waals surface area contributed by atoms with Crippen molar-refractivity contribution >= 4 is 44.2 Å². The van der Waals surface area contributed by atoms with Gasteiger partial charge in [-0.25, -0.2) is 33.1 Å². The summed E-state index contributed by atoms with van der Waals surface area (Å²) in [6.07, 6.45) is 5.15. The molecule has 5 rings (SSSR count). The molecule has 1 aliphatic rings. The fraction of sp³-hybridized carbons (Fsp3) is 0.467. The quantitative estimate of drug-likeness (QED) is 0.192. The molecule has 14 nitrogen and oxygen atoms in total. The number of nitrogens with one attached hydrogen (secondary N) is 2. The Morgan fingerprint density at radius 1 is 1.04 bits per heavy atom. The Morgan fingerprint density at radius 3 is 2.42 bits per heavy atom. The van der Waals surface area contributed by atoms with E-state index in [1.165, 1.54) is 19.6 Å². The van der Waals surface area contributed by atoms with E-state index in [2.05, 4.69) is 50.0 Å². The molecular formula is C30H39N9O5S. The Kier molecular flexibility index (Phi) is 9.20. The lowest BCUT2D eigenvalue weighted by Crippen LogP contribution is -2.47. The summed E-state index contributed by atoms with van der Waals surface area (Å²) in [7, 11) is -2.46. The van der Waals surface area contributed by atoms with Crippen molar-refractivity contribution in [3.05, 3.63) is 47.8 Å². The van der Waals surface area contributed by atoms with Gasteiger partial charge in [0, 0.05) is 49.7 Å². The monoisotopic (exact) mass is 637 g/mol. The molecule has 2 N–H and O–H groups in total. The van der Waals surface area contributed by atoms with Crippen LogP contribution in [0.2, 0.25) is 0 Å². The number of H-pyrrole nitrogens is 1. The molecule has 45 heavy (non-hydrogen) atoms. The van der Waals surface area contributed by atoms with Crippen LogP contribution in [-0.4, -0.2) is 101 Å². The number of ether oxygens (including phenoxy) is 2. The Bertz CT molecular complexity index is 1780. The van der Waals surface area contributed by atoms with Crippen LogP contribution in [0.25, 0.3) is 10.9 Å². The molecule has 1 aliphatic heterocycles. The zero-order valence-corrected chi connectivity index (χ0v) is 27.2. The van der Waals surface area contributed by atoms with Crippen LogP contribution < -0.4 is 15.0 Å². The summed E-state index contributed by atoms with van der Waals surface area (Å²) in [4.78, 5) is 33.5. The maximum Gasteiger partial charge on any atom is 0.358 e. The Balaban J connectivity index is 1.26. The maximum absolute atomic E-state index is 13.7. The van der Waals surface area contributed by atoms with E-state index >= 15 is 0 Å². The number of aryl methyl sites for hydroxylation is 1. The number of fused-ring (bicyclic) bond motifs is 1. The third-order valence-corrected chi connectivity index (χ3v) is 10.4. The molecule has 4 heterocycles. The van der Waals surface area contributed by atoms with Crippen molar-refractivity contribution in [1.82, 2.24) is 35.0 Å². The molecule has 240 valence electrons. The highest BCUT2D eigenvalue weighted by molar-refractivity contribution is 7.92. The van der Waals surface area contributed by atoms with E-state index in [0.717, 1.165) is 44.0 Å². The summed E-state index contributed by atoms with van der Waals surface area (Å²) < 4.78 is 37.3. The Labute approximate surface area is 262 Å². The number of hydrogen-bond acceptors (Lipinski definition) is 13. The molecule has 15 heteroatoms. The van der Waals surface area contributed by atoms with E-state index in [4.69, 9.17) is 4.74 Å². The first-order valence-corrected chi connectivity index (χ1v) is 16.2. The van der Waals surface area contributed by atoms with Crippen LogP contribution in [-0.2, 0) is 14.6 Å². The molecule has 0 unspecified atom stereocenters. The summed E-state index contributed by atoms with van der Waals surface area (Å²) in [6.45, 7) is 13.1. The summed E-state index contributed by atoms with van der Waals surface area (Å²) in [5.41, 5.74) is 2.52. The second-order valence-corrected chi connectivity index (χ2v) is 14.5. The van der Waals surface area contributed by atoms with Gasteiger partial charge in [-0.3, -0.25) is 10.00 Å². The van der Waals surface area contributed by atoms with Crippen LogP contribution >= 0.6 is 0 Å². The number of methoxy groups -OCH3 is 1. The largest absolute Gasteiger partial charge is 0.492 e. The maximum atomic E-state index is 13.7. The summed E-state index contributed by atoms with van der Waals surface area (Å²) >= 11 is 0. The Morgan fingerprint density at radius 2 is 1.80 bits per heavy atom. The van der Waals surface area contributed by atoms with Gasteiger partial charge in [0.2, 0.25) is 0 Å². The number of benzene rings is 1. The van der Waals surface area contributed by atoms with Crippen molar-refractivity contribution in [2.75, 3.05) is 56.7 Å². The third-order valence-electron chi connectivity index (χ3n) is 7.90. The van der Waals surface area contributed by atoms with E-state index in [0.29, 0.717) is 41.4 Å². The highest BCUT2D eigenvalue weighted by Crippen LogP contribution is 2.37. The number of carbonyl (C=O) groups is 1. The number of hydrogen-bond donors (Lipinski definition) is 2. The minimum Gasteiger partial charge on any atom is -0.492 e. The van der Waals surface area contributed by atoms with Gasteiger partial charge in [0.25, 0.3) is 0 Å². The summed E-state index contributed by atoms with van der Waals surface area (Å²) in [6, 6.07) is 3.28. The molecule has 0 spiro atoms. The zero-order chi connectivity index (χ0) is 32.4. The third kappa shape index (κ3) is 6.83. The predicted molar refractivity (Wildman–Crippen MR) is 170 cm³/mol. The number of anilines is 3. The first kappa shape index (κ1) is 32.0. The highest BCUT2D eigenvalue weighted by Gasteiger charge is 2.34. The van der Waals surface area contributed by atoms with E-state index in [1.54, 1.807) is 39.1 Å². The average Bonchev–Trinajstić information content (AvgIpc) is 3.34. The first-order chi connectivity index (χ1) is 21.4. The topological polar surface area (TPSA) is 168 Å². The van der Waals surface area contributed by atoms with Gasteiger partial charge in [-0.05, 0) is 47.1 Å². The summed E-state index contributed by atoms with van der Waals surface area (Å²) in [5.74, 6) is 1.62. The van der Waals surface area contributed by atoms with E-state index in [1.807, 2.05) is 13.8 Å². The number of nitrogens with zero attached hydrogens (tertiary/aromatic N) is 7. The van der Waals surface area contributed by atoms with Crippen LogP contribution in [0.15, 0.2) is 35.7 Å². The van der Waals surface area contributed by atoms with Gasteiger partial charge in [-0.15, -0.1) is 0 Å². The highest BCUT2D eigenvalue weighted by atomic mass is 32.2. The smallest absolute Gasteiger partial charge is 0.358 e. The van der Waals surface area contributed by atoms with E-state index in [9.17, 15) is 13.2 Å². The lowest BCUT2D eigenvalue weighted by atomic mass is 10.2. The van der Waals surface area contributed by atoms with E-state index < -0.39 is 20.6 Å². The molecular weight excluding hydrogens is 598 g/mol. The molecule has 0 radical (unpaired) electrons. The number of piperazine rings is 1. The van der Waals surface area contributed by atoms with Gasteiger partial charge in [-0.1, -0.05) is 0 Å². The van der Waals surface area contributed by atoms with Crippen molar-refractivity contribution in [2.24, 2.45) is 0 Å². The molecule has 1 aromatic carbocycles. The molecule has 0 aliphatic carbocycles. The average molecular weight is 638 g/mol. The van der Waals surface area contributed by atoms with E-state index in [-0.39, 0.29) is 16.3 Å². The van der Waals surface area contributed by atoms with Crippen LogP contribution in [0.5, 0.6) is 5.75 Å². The second-order valence-electron chi connectivity index (χ2n) is 11.9. The van der Waals surface area contributed by atoms with Crippen molar-refractivity contribution in [2.45, 2.75) is 50.7 Å². The first-order valence-electron chi connectivity index (χ1n) is 14.7. The number of rotatable bonds is 10. The second kappa shape index (κ2) is 12.9. The normalized spacial score (nSPS) is 14.5. The van der Waals surface area contributed by atoms with Gasteiger partial charge in [-0.2, -0.15) is 5.10 Å². The molecule has 1 saturated heterocycles. The number of carbonyl (C=O) groups excluding carboxylic acids is 1. The minimum atomic E-state index is -3.77. The number of sulfone groups is 1. The minimum absolute atomic E-state index is 0.103. The molecule has 0 bridgehead atoms.